The Morgan fingerprint density at radius 2 is 2.14 bits per heavy atom. The first-order chi connectivity index (χ1) is 10.1. The predicted octanol–water partition coefficient (Wildman–Crippen LogP) is 2.25. The molecule has 0 spiro atoms. The third kappa shape index (κ3) is 4.06. The van der Waals surface area contributed by atoms with Crippen molar-refractivity contribution in [2.75, 3.05) is 6.54 Å². The Morgan fingerprint density at radius 1 is 1.33 bits per heavy atom. The molecule has 6 nitrogen and oxygen atoms in total. The lowest BCUT2D eigenvalue weighted by Crippen LogP contribution is -2.17. The van der Waals surface area contributed by atoms with Crippen LogP contribution in [0.4, 0.5) is 14.5 Å². The Morgan fingerprint density at radius 3 is 2.81 bits per heavy atom. The molecule has 0 saturated heterocycles. The van der Waals surface area contributed by atoms with Gasteiger partial charge in [-0.3, -0.25) is 14.8 Å². The van der Waals surface area contributed by atoms with Gasteiger partial charge in [0.2, 0.25) is 5.82 Å². The molecule has 1 heterocycles. The van der Waals surface area contributed by atoms with E-state index in [1.807, 2.05) is 12.3 Å². The van der Waals surface area contributed by atoms with Gasteiger partial charge < -0.3 is 5.32 Å². The minimum absolute atomic E-state index is 0.0715. The Balaban J connectivity index is 1.85. The summed E-state index contributed by atoms with van der Waals surface area (Å²) in [6.45, 7) is 1.41. The van der Waals surface area contributed by atoms with E-state index in [9.17, 15) is 18.9 Å². The summed E-state index contributed by atoms with van der Waals surface area (Å²) in [5.74, 6) is -1.96. The van der Waals surface area contributed by atoms with Gasteiger partial charge in [0.25, 0.3) is 0 Å². The predicted molar refractivity (Wildman–Crippen MR) is 71.6 cm³/mol. The van der Waals surface area contributed by atoms with Crippen molar-refractivity contribution in [1.29, 1.82) is 0 Å². The van der Waals surface area contributed by atoms with E-state index in [1.165, 1.54) is 0 Å². The number of hydrogen-bond donors (Lipinski definition) is 1. The average Bonchev–Trinajstić information content (AvgIpc) is 2.93. The number of aryl methyl sites for hydroxylation is 1. The fraction of sp³-hybridized carbons (Fsp3) is 0.308. The van der Waals surface area contributed by atoms with Crippen LogP contribution in [0.2, 0.25) is 0 Å². The van der Waals surface area contributed by atoms with Crippen LogP contribution in [0.1, 0.15) is 12.0 Å². The lowest BCUT2D eigenvalue weighted by atomic mass is 10.1. The molecule has 0 aliphatic rings. The molecule has 0 atom stereocenters. The second-order valence-electron chi connectivity index (χ2n) is 4.45. The number of aromatic nitrogens is 2. The zero-order chi connectivity index (χ0) is 15.2. The standard InChI is InChI=1S/C13H14F2N4O2/c14-11-8-12(15)13(19(20)21)7-10(11)9-16-3-1-5-18-6-2-4-17-18/h2,4,6-8,16H,1,3,5,9H2. The number of rotatable bonds is 7. The highest BCUT2D eigenvalue weighted by Crippen LogP contribution is 2.21. The van der Waals surface area contributed by atoms with Gasteiger partial charge in [0.05, 0.1) is 4.92 Å². The Bertz CT molecular complexity index is 617. The largest absolute Gasteiger partial charge is 0.312 e. The van der Waals surface area contributed by atoms with Crippen LogP contribution < -0.4 is 5.32 Å². The van der Waals surface area contributed by atoms with Crippen molar-refractivity contribution < 1.29 is 13.7 Å². The highest BCUT2D eigenvalue weighted by atomic mass is 19.1. The lowest BCUT2D eigenvalue weighted by Gasteiger charge is -2.07. The summed E-state index contributed by atoms with van der Waals surface area (Å²) in [5.41, 5.74) is -0.646. The van der Waals surface area contributed by atoms with E-state index in [0.29, 0.717) is 19.2 Å². The summed E-state index contributed by atoms with van der Waals surface area (Å²) >= 11 is 0. The van der Waals surface area contributed by atoms with E-state index in [1.54, 1.807) is 10.9 Å². The molecule has 0 radical (unpaired) electrons. The SMILES string of the molecule is O=[N+]([O-])c1cc(CNCCCn2cccn2)c(F)cc1F. The van der Waals surface area contributed by atoms with E-state index in [-0.39, 0.29) is 12.1 Å². The van der Waals surface area contributed by atoms with Gasteiger partial charge >= 0.3 is 5.69 Å². The van der Waals surface area contributed by atoms with Crippen molar-refractivity contribution in [1.82, 2.24) is 15.1 Å². The maximum atomic E-state index is 13.5. The van der Waals surface area contributed by atoms with Crippen LogP contribution in [0.15, 0.2) is 30.6 Å². The average molecular weight is 296 g/mol. The number of hydrogen-bond acceptors (Lipinski definition) is 4. The maximum Gasteiger partial charge on any atom is 0.305 e. The second kappa shape index (κ2) is 6.89. The molecule has 0 aliphatic carbocycles. The van der Waals surface area contributed by atoms with Gasteiger partial charge in [-0.25, -0.2) is 4.39 Å². The van der Waals surface area contributed by atoms with Crippen molar-refractivity contribution in [2.45, 2.75) is 19.5 Å². The first kappa shape index (κ1) is 15.0. The first-order valence-electron chi connectivity index (χ1n) is 6.38. The number of nitrogens with zero attached hydrogens (tertiary/aromatic N) is 3. The molecule has 0 fully saturated rings. The van der Waals surface area contributed by atoms with Gasteiger partial charge in [0, 0.05) is 43.2 Å². The summed E-state index contributed by atoms with van der Waals surface area (Å²) < 4.78 is 28.4. The molecule has 0 saturated carbocycles. The van der Waals surface area contributed by atoms with E-state index in [0.717, 1.165) is 12.5 Å². The summed E-state index contributed by atoms with van der Waals surface area (Å²) in [4.78, 5) is 9.74. The van der Waals surface area contributed by atoms with Crippen LogP contribution >= 0.6 is 0 Å². The van der Waals surface area contributed by atoms with Crippen LogP contribution in [0.3, 0.4) is 0 Å². The Kier molecular flexibility index (Phi) is 4.94. The Hall–Kier alpha value is -2.35. The monoisotopic (exact) mass is 296 g/mol. The molecule has 0 unspecified atom stereocenters. The van der Waals surface area contributed by atoms with Crippen LogP contribution in [0.5, 0.6) is 0 Å². The quantitative estimate of drug-likeness (QED) is 0.483. The fourth-order valence-corrected chi connectivity index (χ4v) is 1.88. The molecule has 8 heteroatoms. The Labute approximate surface area is 119 Å². The van der Waals surface area contributed by atoms with Gasteiger partial charge in [-0.2, -0.15) is 9.49 Å². The van der Waals surface area contributed by atoms with E-state index < -0.39 is 22.2 Å². The fourth-order valence-electron chi connectivity index (χ4n) is 1.88. The molecule has 0 aliphatic heterocycles. The number of halogens is 2. The van der Waals surface area contributed by atoms with Gasteiger partial charge in [-0.1, -0.05) is 0 Å². The highest BCUT2D eigenvalue weighted by molar-refractivity contribution is 5.37. The molecule has 0 bridgehead atoms. The number of benzene rings is 1. The van der Waals surface area contributed by atoms with Gasteiger partial charge in [-0.15, -0.1) is 0 Å². The van der Waals surface area contributed by atoms with Crippen LogP contribution in [0.25, 0.3) is 0 Å². The summed E-state index contributed by atoms with van der Waals surface area (Å²) in [6.07, 6.45) is 4.29. The number of nitrogens with one attached hydrogen (secondary N) is 1. The minimum atomic E-state index is -1.17. The van der Waals surface area contributed by atoms with Crippen molar-refractivity contribution in [2.24, 2.45) is 0 Å². The maximum absolute atomic E-state index is 13.5. The summed E-state index contributed by atoms with van der Waals surface area (Å²) in [7, 11) is 0. The van der Waals surface area contributed by atoms with Crippen molar-refractivity contribution in [3.05, 3.63) is 57.9 Å². The highest BCUT2D eigenvalue weighted by Gasteiger charge is 2.18. The topological polar surface area (TPSA) is 73.0 Å². The molecular weight excluding hydrogens is 282 g/mol. The van der Waals surface area contributed by atoms with Gasteiger partial charge in [0.1, 0.15) is 5.82 Å². The molecular formula is C13H14F2N4O2. The molecule has 1 N–H and O–H groups in total. The summed E-state index contributed by atoms with van der Waals surface area (Å²) in [5, 5.41) is 17.6. The molecule has 21 heavy (non-hydrogen) atoms. The van der Waals surface area contributed by atoms with E-state index in [2.05, 4.69) is 10.4 Å². The van der Waals surface area contributed by atoms with E-state index in [4.69, 9.17) is 0 Å². The van der Waals surface area contributed by atoms with Crippen LogP contribution in [-0.4, -0.2) is 21.2 Å². The third-order valence-electron chi connectivity index (χ3n) is 2.93. The molecule has 1 aromatic carbocycles. The molecule has 2 rings (SSSR count). The zero-order valence-corrected chi connectivity index (χ0v) is 11.1. The van der Waals surface area contributed by atoms with E-state index >= 15 is 0 Å². The smallest absolute Gasteiger partial charge is 0.305 e. The number of nitro groups is 1. The van der Waals surface area contributed by atoms with Gasteiger partial charge in [-0.05, 0) is 19.0 Å². The zero-order valence-electron chi connectivity index (χ0n) is 11.1. The molecule has 112 valence electrons. The summed E-state index contributed by atoms with van der Waals surface area (Å²) in [6, 6.07) is 3.28. The normalized spacial score (nSPS) is 10.8. The minimum Gasteiger partial charge on any atom is -0.312 e. The number of nitro benzene ring substituents is 1. The second-order valence-corrected chi connectivity index (χ2v) is 4.45. The first-order valence-corrected chi connectivity index (χ1v) is 6.38. The lowest BCUT2D eigenvalue weighted by molar-refractivity contribution is -0.387. The molecule has 1 aromatic heterocycles. The van der Waals surface area contributed by atoms with Crippen LogP contribution in [0, 0.1) is 21.7 Å². The molecule has 0 amide bonds. The van der Waals surface area contributed by atoms with Crippen LogP contribution in [-0.2, 0) is 13.1 Å². The van der Waals surface area contributed by atoms with Crippen molar-refractivity contribution in [3.63, 3.8) is 0 Å². The van der Waals surface area contributed by atoms with Crippen molar-refractivity contribution in [3.8, 4) is 0 Å². The third-order valence-corrected chi connectivity index (χ3v) is 2.93. The molecule has 2 aromatic rings. The van der Waals surface area contributed by atoms with Crippen molar-refractivity contribution >= 4 is 5.69 Å². The van der Waals surface area contributed by atoms with Gasteiger partial charge in [0.15, 0.2) is 0 Å².